The zero-order valence-corrected chi connectivity index (χ0v) is 20.4. The average Bonchev–Trinajstić information content (AvgIpc) is 3.42. The molecule has 1 N–H and O–H groups in total. The summed E-state index contributed by atoms with van der Waals surface area (Å²) in [4.78, 5) is 38.8. The van der Waals surface area contributed by atoms with Crippen LogP contribution in [0.25, 0.3) is 0 Å². The van der Waals surface area contributed by atoms with Crippen molar-refractivity contribution < 1.29 is 41.8 Å². The van der Waals surface area contributed by atoms with Crippen LogP contribution in [0.2, 0.25) is 5.02 Å². The normalized spacial score (nSPS) is 19.6. The number of carboxylic acid groups (broad SMARTS) is 1. The molecular formula is C23H23ClF4N4O5. The predicted octanol–water partition coefficient (Wildman–Crippen LogP) is 3.56. The van der Waals surface area contributed by atoms with Crippen LogP contribution in [-0.4, -0.2) is 68.9 Å². The molecule has 0 aliphatic carbocycles. The molecule has 14 heteroatoms. The predicted molar refractivity (Wildman–Crippen MR) is 120 cm³/mol. The molecule has 2 amide bonds. The van der Waals surface area contributed by atoms with E-state index in [1.807, 2.05) is 0 Å². The number of aromatic nitrogens is 2. The number of carbonyl (C=O) groups is 3. The van der Waals surface area contributed by atoms with Gasteiger partial charge in [0, 0.05) is 35.7 Å². The summed E-state index contributed by atoms with van der Waals surface area (Å²) in [7, 11) is 1.14. The van der Waals surface area contributed by atoms with Crippen molar-refractivity contribution in [3.63, 3.8) is 0 Å². The summed E-state index contributed by atoms with van der Waals surface area (Å²) in [5.41, 5.74) is -0.889. The van der Waals surface area contributed by atoms with Crippen LogP contribution in [0.5, 0.6) is 0 Å². The van der Waals surface area contributed by atoms with Crippen molar-refractivity contribution in [2.45, 2.75) is 44.6 Å². The third-order valence-electron chi connectivity index (χ3n) is 6.67. The van der Waals surface area contributed by atoms with E-state index in [0.29, 0.717) is 0 Å². The van der Waals surface area contributed by atoms with Gasteiger partial charge in [-0.25, -0.2) is 14.0 Å². The highest BCUT2D eigenvalue weighted by molar-refractivity contribution is 6.30. The van der Waals surface area contributed by atoms with Gasteiger partial charge in [-0.3, -0.25) is 14.4 Å². The highest BCUT2D eigenvalue weighted by Gasteiger charge is 2.43. The van der Waals surface area contributed by atoms with Crippen molar-refractivity contribution in [1.82, 2.24) is 19.6 Å². The first kappa shape index (κ1) is 26.7. The van der Waals surface area contributed by atoms with E-state index < -0.39 is 47.6 Å². The molecule has 0 radical (unpaired) electrons. The van der Waals surface area contributed by atoms with Crippen LogP contribution in [-0.2, 0) is 40.0 Å². The molecule has 1 aromatic carbocycles. The number of amides is 2. The number of carbonyl (C=O) groups excluding carboxylic acids is 2. The van der Waals surface area contributed by atoms with Gasteiger partial charge in [0.2, 0.25) is 5.91 Å². The number of ether oxygens (including phenoxy) is 1. The first-order valence-electron chi connectivity index (χ1n) is 11.3. The molecule has 2 aromatic rings. The lowest BCUT2D eigenvalue weighted by Crippen LogP contribution is -2.40. The van der Waals surface area contributed by atoms with Gasteiger partial charge in [-0.1, -0.05) is 17.7 Å². The van der Waals surface area contributed by atoms with Gasteiger partial charge in [0.1, 0.15) is 11.9 Å². The summed E-state index contributed by atoms with van der Waals surface area (Å²) in [6, 6.07) is 2.80. The average molecular weight is 547 g/mol. The number of benzene rings is 1. The van der Waals surface area contributed by atoms with E-state index in [2.05, 4.69) is 9.84 Å². The molecule has 2 aliphatic heterocycles. The molecule has 2 atom stereocenters. The molecular weight excluding hydrogens is 524 g/mol. The maximum atomic E-state index is 14.4. The second-order valence-corrected chi connectivity index (χ2v) is 9.45. The summed E-state index contributed by atoms with van der Waals surface area (Å²) in [6.45, 7) is -0.514. The largest absolute Gasteiger partial charge is 0.467 e. The number of hydrogen-bond acceptors (Lipinski definition) is 5. The second-order valence-electron chi connectivity index (χ2n) is 9.01. The highest BCUT2D eigenvalue weighted by Crippen LogP contribution is 2.36. The Labute approximate surface area is 213 Å². The quantitative estimate of drug-likeness (QED) is 0.454. The molecule has 1 saturated heterocycles. The van der Waals surface area contributed by atoms with Gasteiger partial charge in [-0.15, -0.1) is 0 Å². The van der Waals surface area contributed by atoms with Crippen LogP contribution in [0.4, 0.5) is 22.4 Å². The maximum Gasteiger partial charge on any atom is 0.435 e. The first-order chi connectivity index (χ1) is 17.4. The van der Waals surface area contributed by atoms with E-state index in [1.54, 1.807) is 0 Å². The van der Waals surface area contributed by atoms with Crippen LogP contribution in [0.1, 0.15) is 35.4 Å². The van der Waals surface area contributed by atoms with E-state index in [0.717, 1.165) is 22.8 Å². The van der Waals surface area contributed by atoms with Gasteiger partial charge < -0.3 is 14.7 Å². The monoisotopic (exact) mass is 546 g/mol. The van der Waals surface area contributed by atoms with Crippen LogP contribution < -0.4 is 0 Å². The molecule has 3 heterocycles. The summed E-state index contributed by atoms with van der Waals surface area (Å²) >= 11 is 5.77. The van der Waals surface area contributed by atoms with E-state index in [9.17, 15) is 37.1 Å². The van der Waals surface area contributed by atoms with Gasteiger partial charge >= 0.3 is 18.2 Å². The van der Waals surface area contributed by atoms with Crippen molar-refractivity contribution in [2.24, 2.45) is 5.92 Å². The Morgan fingerprint density at radius 2 is 2.00 bits per heavy atom. The second kappa shape index (κ2) is 10.2. The van der Waals surface area contributed by atoms with E-state index in [-0.39, 0.29) is 67.3 Å². The van der Waals surface area contributed by atoms with E-state index >= 15 is 0 Å². The molecule has 37 heavy (non-hydrogen) atoms. The van der Waals surface area contributed by atoms with Gasteiger partial charge in [0.15, 0.2) is 5.69 Å². The third kappa shape index (κ3) is 5.50. The number of halogens is 5. The molecule has 200 valence electrons. The van der Waals surface area contributed by atoms with Crippen molar-refractivity contribution >= 4 is 29.6 Å². The van der Waals surface area contributed by atoms with Crippen molar-refractivity contribution in [2.75, 3.05) is 20.2 Å². The Kier molecular flexibility index (Phi) is 7.36. The molecule has 0 spiro atoms. The van der Waals surface area contributed by atoms with Gasteiger partial charge in [-0.05, 0) is 30.9 Å². The Hall–Kier alpha value is -3.35. The minimum Gasteiger partial charge on any atom is -0.467 e. The molecule has 4 rings (SSSR count). The minimum absolute atomic E-state index is 0.00566. The van der Waals surface area contributed by atoms with Crippen molar-refractivity contribution in [1.29, 1.82) is 0 Å². The third-order valence-corrected chi connectivity index (χ3v) is 6.90. The molecule has 0 bridgehead atoms. The van der Waals surface area contributed by atoms with Gasteiger partial charge in [-0.2, -0.15) is 18.3 Å². The number of esters is 1. The Bertz CT molecular complexity index is 1230. The minimum atomic E-state index is -4.73. The Morgan fingerprint density at radius 1 is 1.27 bits per heavy atom. The molecule has 2 unspecified atom stereocenters. The first-order valence-corrected chi connectivity index (χ1v) is 11.7. The fraction of sp³-hybridized carbons (Fsp3) is 0.478. The number of fused-ring (bicyclic) bond motifs is 1. The maximum absolute atomic E-state index is 14.4. The lowest BCUT2D eigenvalue weighted by molar-refractivity contribution is -0.145. The highest BCUT2D eigenvalue weighted by atomic mass is 35.5. The smallest absolute Gasteiger partial charge is 0.435 e. The van der Waals surface area contributed by atoms with Crippen molar-refractivity contribution in [3.05, 3.63) is 51.6 Å². The lowest BCUT2D eigenvalue weighted by atomic mass is 9.99. The SMILES string of the molecule is COC(=O)C1CC(CC(=O)N2CCc3c(C(F)(F)F)nn(Cc4ccc(Cl)cc4F)c3C2)CN1C(=O)O. The zero-order chi connectivity index (χ0) is 27.1. The number of methoxy groups -OCH3 is 1. The summed E-state index contributed by atoms with van der Waals surface area (Å²) < 4.78 is 61.1. The molecule has 9 nitrogen and oxygen atoms in total. The van der Waals surface area contributed by atoms with E-state index in [1.165, 1.54) is 17.0 Å². The zero-order valence-electron chi connectivity index (χ0n) is 19.6. The van der Waals surface area contributed by atoms with Crippen LogP contribution >= 0.6 is 11.6 Å². The standard InChI is InChI=1S/C23H23ClF4N4O5/c1-37-21(34)17-6-12(9-31(17)22(35)36)7-19(33)30-5-4-15-18(11-30)32(29-20(15)23(26,27)28)10-13-2-3-14(24)8-16(13)25/h2-3,8,12,17H,4-7,9-11H2,1H3,(H,35,36). The van der Waals surface area contributed by atoms with Crippen LogP contribution in [0.3, 0.4) is 0 Å². The number of alkyl halides is 3. The molecule has 2 aliphatic rings. The fourth-order valence-electron chi connectivity index (χ4n) is 4.88. The Balaban J connectivity index is 1.54. The Morgan fingerprint density at radius 3 is 2.62 bits per heavy atom. The van der Waals surface area contributed by atoms with Crippen molar-refractivity contribution in [3.8, 4) is 0 Å². The molecule has 1 aromatic heterocycles. The summed E-state index contributed by atoms with van der Waals surface area (Å²) in [6.07, 6.45) is -6.15. The number of rotatable bonds is 5. The summed E-state index contributed by atoms with van der Waals surface area (Å²) in [5, 5.41) is 13.2. The van der Waals surface area contributed by atoms with Crippen LogP contribution in [0.15, 0.2) is 18.2 Å². The number of nitrogens with zero attached hydrogens (tertiary/aromatic N) is 4. The topological polar surface area (TPSA) is 105 Å². The van der Waals surface area contributed by atoms with Gasteiger partial charge in [0.25, 0.3) is 0 Å². The fourth-order valence-corrected chi connectivity index (χ4v) is 5.04. The lowest BCUT2D eigenvalue weighted by Gasteiger charge is -2.29. The van der Waals surface area contributed by atoms with E-state index in [4.69, 9.17) is 11.6 Å². The van der Waals surface area contributed by atoms with Gasteiger partial charge in [0.05, 0.1) is 25.9 Å². The number of hydrogen-bond donors (Lipinski definition) is 1. The molecule has 1 fully saturated rings. The summed E-state index contributed by atoms with van der Waals surface area (Å²) in [5.74, 6) is -2.28. The molecule has 0 saturated carbocycles. The van der Waals surface area contributed by atoms with Crippen LogP contribution in [0, 0.1) is 11.7 Å². The number of likely N-dealkylation sites (tertiary alicyclic amines) is 1.